The highest BCUT2D eigenvalue weighted by atomic mass is 127. The van der Waals surface area contributed by atoms with Gasteiger partial charge in [-0.15, -0.1) is 0 Å². The summed E-state index contributed by atoms with van der Waals surface area (Å²) in [6, 6.07) is 7.05. The predicted molar refractivity (Wildman–Crippen MR) is 74.3 cm³/mol. The lowest BCUT2D eigenvalue weighted by Crippen LogP contribution is -2.21. The summed E-state index contributed by atoms with van der Waals surface area (Å²) >= 11 is 2.12. The molecule has 1 rings (SSSR count). The van der Waals surface area contributed by atoms with E-state index >= 15 is 0 Å². The Kier molecular flexibility index (Phi) is 4.71. The van der Waals surface area contributed by atoms with E-state index in [1.54, 1.807) is 31.4 Å². The highest BCUT2D eigenvalue weighted by Gasteiger charge is 2.03. The van der Waals surface area contributed by atoms with Crippen molar-refractivity contribution >= 4 is 39.8 Å². The lowest BCUT2D eigenvalue weighted by Gasteiger charge is -2.05. The van der Waals surface area contributed by atoms with Crippen molar-refractivity contribution < 1.29 is 4.74 Å². The second kappa shape index (κ2) is 6.05. The van der Waals surface area contributed by atoms with Crippen molar-refractivity contribution in [2.45, 2.75) is 0 Å². The van der Waals surface area contributed by atoms with E-state index in [1.807, 2.05) is 0 Å². The molecule has 0 spiro atoms. The van der Waals surface area contributed by atoms with Gasteiger partial charge in [0, 0.05) is 0 Å². The molecule has 0 radical (unpaired) electrons. The molecule has 1 aromatic rings. The first-order chi connectivity index (χ1) is 8.08. The molecule has 17 heavy (non-hydrogen) atoms. The lowest BCUT2D eigenvalue weighted by atomic mass is 10.3. The Morgan fingerprint density at radius 2 is 2.35 bits per heavy atom. The van der Waals surface area contributed by atoms with Gasteiger partial charge in [-0.3, -0.25) is 10.8 Å². The summed E-state index contributed by atoms with van der Waals surface area (Å²) in [7, 11) is 1.59. The molecule has 0 aromatic heterocycles. The van der Waals surface area contributed by atoms with Gasteiger partial charge in [0.15, 0.2) is 5.84 Å². The zero-order valence-corrected chi connectivity index (χ0v) is 11.1. The Balaban J connectivity index is 2.87. The molecule has 0 heterocycles. The summed E-state index contributed by atoms with van der Waals surface area (Å²) in [5.74, 6) is 0.385. The first kappa shape index (κ1) is 13.2. The minimum Gasteiger partial charge on any atom is -0.496 e. The molecule has 7 heteroatoms. The average molecular weight is 343 g/mol. The van der Waals surface area contributed by atoms with Crippen molar-refractivity contribution in [1.82, 2.24) is 0 Å². The third kappa shape index (κ3) is 3.60. The van der Waals surface area contributed by atoms with Crippen LogP contribution < -0.4 is 15.9 Å². The smallest absolute Gasteiger partial charge is 0.201 e. The standard InChI is InChI=1S/C10H10IN5O/c1-17-9-3-2-6(4-7(9)11)15-16-8(5-12)10(13)14/h2-4,15H,1H3,(H3,13,14)/b16-8+. The number of halogens is 1. The maximum absolute atomic E-state index is 8.65. The zero-order chi connectivity index (χ0) is 12.8. The van der Waals surface area contributed by atoms with E-state index in [2.05, 4.69) is 33.1 Å². The van der Waals surface area contributed by atoms with Gasteiger partial charge in [-0.25, -0.2) is 0 Å². The third-order valence-electron chi connectivity index (χ3n) is 1.81. The van der Waals surface area contributed by atoms with Gasteiger partial charge in [-0.2, -0.15) is 10.4 Å². The van der Waals surface area contributed by atoms with E-state index in [1.165, 1.54) is 0 Å². The maximum Gasteiger partial charge on any atom is 0.201 e. The molecule has 6 nitrogen and oxygen atoms in total. The van der Waals surface area contributed by atoms with Crippen LogP contribution in [0.3, 0.4) is 0 Å². The van der Waals surface area contributed by atoms with Crippen LogP contribution >= 0.6 is 22.6 Å². The summed E-state index contributed by atoms with van der Waals surface area (Å²) in [6.07, 6.45) is 0. The molecule has 0 atom stereocenters. The minimum absolute atomic E-state index is 0.157. The van der Waals surface area contributed by atoms with Gasteiger partial charge in [0.1, 0.15) is 11.8 Å². The second-order valence-corrected chi connectivity index (χ2v) is 4.11. The predicted octanol–water partition coefficient (Wildman–Crippen LogP) is 1.53. The number of methoxy groups -OCH3 is 1. The highest BCUT2D eigenvalue weighted by Crippen LogP contribution is 2.23. The molecule has 0 saturated carbocycles. The van der Waals surface area contributed by atoms with Crippen LogP contribution in [0.2, 0.25) is 0 Å². The Labute approximate surface area is 112 Å². The molecule has 1 aromatic carbocycles. The molecular formula is C10H10IN5O. The monoisotopic (exact) mass is 343 g/mol. The van der Waals surface area contributed by atoms with Crippen LogP contribution in [0.5, 0.6) is 5.75 Å². The van der Waals surface area contributed by atoms with Crippen LogP contribution in [-0.2, 0) is 0 Å². The fourth-order valence-electron chi connectivity index (χ4n) is 1.00. The van der Waals surface area contributed by atoms with Crippen molar-refractivity contribution in [2.24, 2.45) is 10.8 Å². The number of nitrogens with one attached hydrogen (secondary N) is 2. The van der Waals surface area contributed by atoms with Gasteiger partial charge in [-0.1, -0.05) is 0 Å². The molecule has 0 saturated heterocycles. The molecule has 0 fully saturated rings. The second-order valence-electron chi connectivity index (χ2n) is 2.95. The number of nitrogens with two attached hydrogens (primary N) is 1. The number of hydrogen-bond donors (Lipinski definition) is 3. The molecule has 0 aliphatic carbocycles. The van der Waals surface area contributed by atoms with Crippen LogP contribution in [0.4, 0.5) is 5.69 Å². The Morgan fingerprint density at radius 3 is 2.82 bits per heavy atom. The zero-order valence-electron chi connectivity index (χ0n) is 8.99. The summed E-state index contributed by atoms with van der Waals surface area (Å²) in [5, 5.41) is 19.5. The lowest BCUT2D eigenvalue weighted by molar-refractivity contribution is 0.412. The summed E-state index contributed by atoms with van der Waals surface area (Å²) < 4.78 is 6.02. The summed E-state index contributed by atoms with van der Waals surface area (Å²) in [5.41, 5.74) is 8.34. The van der Waals surface area contributed by atoms with E-state index in [0.717, 1.165) is 9.32 Å². The summed E-state index contributed by atoms with van der Waals surface area (Å²) in [6.45, 7) is 0. The fraction of sp³-hybridized carbons (Fsp3) is 0.100. The van der Waals surface area contributed by atoms with E-state index < -0.39 is 0 Å². The van der Waals surface area contributed by atoms with Gasteiger partial charge < -0.3 is 10.5 Å². The molecule has 0 unspecified atom stereocenters. The summed E-state index contributed by atoms with van der Waals surface area (Å²) in [4.78, 5) is 0. The fourth-order valence-corrected chi connectivity index (χ4v) is 1.74. The van der Waals surface area contributed by atoms with Gasteiger partial charge >= 0.3 is 0 Å². The van der Waals surface area contributed by atoms with Crippen molar-refractivity contribution in [3.8, 4) is 11.8 Å². The largest absolute Gasteiger partial charge is 0.496 e. The first-order valence-corrected chi connectivity index (χ1v) is 5.58. The quantitative estimate of drug-likeness (QED) is 0.333. The van der Waals surface area contributed by atoms with Gasteiger partial charge in [0.25, 0.3) is 0 Å². The number of nitriles is 1. The van der Waals surface area contributed by atoms with E-state index in [9.17, 15) is 0 Å². The number of nitrogens with zero attached hydrogens (tertiary/aromatic N) is 2. The Hall–Kier alpha value is -1.82. The molecule has 4 N–H and O–H groups in total. The Morgan fingerprint density at radius 1 is 1.65 bits per heavy atom. The molecule has 0 amide bonds. The van der Waals surface area contributed by atoms with Crippen LogP contribution in [0, 0.1) is 20.3 Å². The molecule has 88 valence electrons. The number of benzene rings is 1. The minimum atomic E-state index is -0.372. The first-order valence-electron chi connectivity index (χ1n) is 4.50. The van der Waals surface area contributed by atoms with E-state index in [0.29, 0.717) is 5.69 Å². The number of amidine groups is 1. The maximum atomic E-state index is 8.65. The Bertz CT molecular complexity index is 506. The van der Waals surface area contributed by atoms with Crippen LogP contribution in [0.1, 0.15) is 0 Å². The van der Waals surface area contributed by atoms with Crippen molar-refractivity contribution in [3.05, 3.63) is 21.8 Å². The van der Waals surface area contributed by atoms with E-state index in [4.69, 9.17) is 21.1 Å². The average Bonchev–Trinajstić information content (AvgIpc) is 2.29. The molecular weight excluding hydrogens is 333 g/mol. The molecule has 0 aliphatic rings. The van der Waals surface area contributed by atoms with Gasteiger partial charge in [0.05, 0.1) is 16.4 Å². The van der Waals surface area contributed by atoms with Crippen molar-refractivity contribution in [1.29, 1.82) is 10.7 Å². The topological polar surface area (TPSA) is 107 Å². The number of ether oxygens (including phenoxy) is 1. The SMILES string of the molecule is COc1ccc(N/N=C(\C#N)C(=N)N)cc1I. The van der Waals surface area contributed by atoms with Crippen LogP contribution in [0.15, 0.2) is 23.3 Å². The number of hydrogen-bond acceptors (Lipinski definition) is 5. The van der Waals surface area contributed by atoms with E-state index in [-0.39, 0.29) is 11.5 Å². The normalized spacial score (nSPS) is 10.5. The number of rotatable bonds is 4. The third-order valence-corrected chi connectivity index (χ3v) is 2.65. The highest BCUT2D eigenvalue weighted by molar-refractivity contribution is 14.1. The van der Waals surface area contributed by atoms with Crippen molar-refractivity contribution in [2.75, 3.05) is 12.5 Å². The van der Waals surface area contributed by atoms with Gasteiger partial charge in [0.2, 0.25) is 5.71 Å². The van der Waals surface area contributed by atoms with Crippen LogP contribution in [-0.4, -0.2) is 18.7 Å². The van der Waals surface area contributed by atoms with Gasteiger partial charge in [-0.05, 0) is 40.8 Å². The van der Waals surface area contributed by atoms with Crippen molar-refractivity contribution in [3.63, 3.8) is 0 Å². The number of anilines is 1. The molecule has 0 aliphatic heterocycles. The molecule has 0 bridgehead atoms. The number of hydrazone groups is 1. The van der Waals surface area contributed by atoms with Crippen LogP contribution in [0.25, 0.3) is 0 Å².